The van der Waals surface area contributed by atoms with Crippen molar-refractivity contribution in [1.82, 2.24) is 14.6 Å². The number of fused-ring (bicyclic) bond motifs is 1. The van der Waals surface area contributed by atoms with Gasteiger partial charge in [0.2, 0.25) is 0 Å². The van der Waals surface area contributed by atoms with Crippen molar-refractivity contribution < 1.29 is 13.2 Å². The number of rotatable bonds is 3. The summed E-state index contributed by atoms with van der Waals surface area (Å²) < 4.78 is 40.5. The summed E-state index contributed by atoms with van der Waals surface area (Å²) in [6.07, 6.45) is 1.79. The van der Waals surface area contributed by atoms with Crippen LogP contribution in [0.2, 0.25) is 0 Å². The summed E-state index contributed by atoms with van der Waals surface area (Å²) in [5.74, 6) is 0.577. The van der Waals surface area contributed by atoms with Crippen LogP contribution in [0.4, 0.5) is 13.2 Å². The maximum atomic E-state index is 13.0. The Morgan fingerprint density at radius 3 is 2.63 bits per heavy atom. The number of hydrogen-bond donors (Lipinski definition) is 0. The maximum Gasteiger partial charge on any atom is 0.420 e. The zero-order chi connectivity index (χ0) is 13.6. The highest BCUT2D eigenvalue weighted by Crippen LogP contribution is 2.34. The summed E-state index contributed by atoms with van der Waals surface area (Å²) in [5, 5.41) is 7.61. The molecule has 0 aromatic carbocycles. The molecule has 0 unspecified atom stereocenters. The Morgan fingerprint density at radius 2 is 2.00 bits per heavy atom. The van der Waals surface area contributed by atoms with Crippen molar-refractivity contribution in [2.45, 2.75) is 32.4 Å². The fourth-order valence-electron chi connectivity index (χ4n) is 2.17. The lowest BCUT2D eigenvalue weighted by atomic mass is 10.1. The molecule has 2 aromatic heterocycles. The van der Waals surface area contributed by atoms with Crippen molar-refractivity contribution in [1.29, 1.82) is 0 Å². The third kappa shape index (κ3) is 2.22. The summed E-state index contributed by atoms with van der Waals surface area (Å²) in [5.41, 5.74) is 0.704. The summed E-state index contributed by atoms with van der Waals surface area (Å²) in [6.45, 7) is 1.44. The molecule has 100 valence electrons. The van der Waals surface area contributed by atoms with E-state index in [0.29, 0.717) is 12.2 Å². The molecule has 2 aromatic rings. The van der Waals surface area contributed by atoms with E-state index in [1.165, 1.54) is 23.0 Å². The molecule has 0 aliphatic heterocycles. The predicted molar refractivity (Wildman–Crippen MR) is 63.7 cm³/mol. The molecule has 0 saturated carbocycles. The fourth-order valence-corrected chi connectivity index (χ4v) is 2.17. The third-order valence-electron chi connectivity index (χ3n) is 3.30. The molecule has 0 fully saturated rings. The summed E-state index contributed by atoms with van der Waals surface area (Å²) >= 11 is 0. The SMILES string of the molecule is Cc1ccn2c(CCC3=CC3)nnc2c1C(F)(F)F. The van der Waals surface area contributed by atoms with Crippen molar-refractivity contribution >= 4 is 5.65 Å². The van der Waals surface area contributed by atoms with Gasteiger partial charge in [0.1, 0.15) is 11.4 Å². The van der Waals surface area contributed by atoms with Crippen molar-refractivity contribution in [3.05, 3.63) is 40.9 Å². The van der Waals surface area contributed by atoms with Gasteiger partial charge in [0.25, 0.3) is 0 Å². The van der Waals surface area contributed by atoms with E-state index in [1.54, 1.807) is 6.20 Å². The van der Waals surface area contributed by atoms with Crippen LogP contribution in [-0.2, 0) is 12.6 Å². The van der Waals surface area contributed by atoms with E-state index >= 15 is 0 Å². The smallest absolute Gasteiger partial charge is 0.286 e. The Morgan fingerprint density at radius 1 is 1.26 bits per heavy atom. The van der Waals surface area contributed by atoms with Gasteiger partial charge in [0.05, 0.1) is 0 Å². The second-order valence-electron chi connectivity index (χ2n) is 4.75. The Labute approximate surface area is 107 Å². The molecular weight excluding hydrogens is 255 g/mol. The molecule has 0 amide bonds. The Kier molecular flexibility index (Phi) is 2.62. The minimum atomic E-state index is -4.41. The molecule has 0 saturated heterocycles. The van der Waals surface area contributed by atoms with Crippen LogP contribution >= 0.6 is 0 Å². The number of hydrogen-bond acceptors (Lipinski definition) is 2. The molecule has 3 nitrogen and oxygen atoms in total. The van der Waals surface area contributed by atoms with Gasteiger partial charge in [-0.25, -0.2) is 0 Å². The molecule has 0 radical (unpaired) electrons. The highest BCUT2D eigenvalue weighted by molar-refractivity contribution is 5.53. The van der Waals surface area contributed by atoms with E-state index < -0.39 is 11.7 Å². The van der Waals surface area contributed by atoms with Crippen molar-refractivity contribution in [2.24, 2.45) is 0 Å². The molecule has 6 heteroatoms. The molecule has 3 rings (SSSR count). The number of allylic oxidation sites excluding steroid dienone is 2. The average Bonchev–Trinajstić information content (AvgIpc) is 3.05. The monoisotopic (exact) mass is 267 g/mol. The van der Waals surface area contributed by atoms with Crippen LogP contribution in [-0.4, -0.2) is 14.6 Å². The molecule has 2 heterocycles. The number of halogens is 3. The summed E-state index contributed by atoms with van der Waals surface area (Å²) in [6, 6.07) is 1.46. The molecular formula is C13H12F3N3. The van der Waals surface area contributed by atoms with Crippen molar-refractivity contribution in [3.63, 3.8) is 0 Å². The van der Waals surface area contributed by atoms with Gasteiger partial charge in [-0.05, 0) is 31.4 Å². The van der Waals surface area contributed by atoms with Crippen LogP contribution in [0, 0.1) is 6.92 Å². The van der Waals surface area contributed by atoms with E-state index in [1.807, 2.05) is 0 Å². The predicted octanol–water partition coefficient (Wildman–Crippen LogP) is 3.32. The van der Waals surface area contributed by atoms with Gasteiger partial charge < -0.3 is 0 Å². The Hall–Kier alpha value is -1.85. The number of nitrogens with zero attached hydrogens (tertiary/aromatic N) is 3. The van der Waals surface area contributed by atoms with Gasteiger partial charge in [-0.1, -0.05) is 11.6 Å². The van der Waals surface area contributed by atoms with Gasteiger partial charge >= 0.3 is 6.18 Å². The fraction of sp³-hybridized carbons (Fsp3) is 0.385. The van der Waals surface area contributed by atoms with Crippen LogP contribution in [0.3, 0.4) is 0 Å². The van der Waals surface area contributed by atoms with Gasteiger partial charge in [-0.3, -0.25) is 4.40 Å². The first-order valence-electron chi connectivity index (χ1n) is 6.05. The highest BCUT2D eigenvalue weighted by Gasteiger charge is 2.36. The lowest BCUT2D eigenvalue weighted by Crippen LogP contribution is -2.10. The number of pyridine rings is 1. The molecule has 1 aliphatic rings. The standard InChI is InChI=1S/C13H12F3N3/c1-8-6-7-19-10(5-4-9-2-3-9)17-18-12(19)11(8)13(14,15)16/h2,6-7H,3-5H2,1H3. The lowest BCUT2D eigenvalue weighted by Gasteiger charge is -2.11. The Bertz CT molecular complexity index is 668. The van der Waals surface area contributed by atoms with E-state index in [2.05, 4.69) is 16.3 Å². The number of alkyl halides is 3. The van der Waals surface area contributed by atoms with Crippen LogP contribution in [0.1, 0.15) is 29.8 Å². The molecule has 0 bridgehead atoms. The topological polar surface area (TPSA) is 30.2 Å². The summed E-state index contributed by atoms with van der Waals surface area (Å²) in [4.78, 5) is 0. The van der Waals surface area contributed by atoms with Crippen LogP contribution in [0.5, 0.6) is 0 Å². The molecule has 19 heavy (non-hydrogen) atoms. The maximum absolute atomic E-state index is 13.0. The minimum Gasteiger partial charge on any atom is -0.286 e. The van der Waals surface area contributed by atoms with Gasteiger partial charge in [0.15, 0.2) is 5.65 Å². The molecule has 0 spiro atoms. The number of aryl methyl sites for hydroxylation is 2. The summed E-state index contributed by atoms with van der Waals surface area (Å²) in [7, 11) is 0. The van der Waals surface area contributed by atoms with E-state index in [9.17, 15) is 13.2 Å². The lowest BCUT2D eigenvalue weighted by molar-refractivity contribution is -0.137. The van der Waals surface area contributed by atoms with E-state index in [0.717, 1.165) is 12.8 Å². The van der Waals surface area contributed by atoms with Gasteiger partial charge in [-0.2, -0.15) is 13.2 Å². The van der Waals surface area contributed by atoms with Crippen LogP contribution in [0.15, 0.2) is 23.9 Å². The first-order valence-corrected chi connectivity index (χ1v) is 6.05. The average molecular weight is 267 g/mol. The van der Waals surface area contributed by atoms with Crippen molar-refractivity contribution in [3.8, 4) is 0 Å². The Balaban J connectivity index is 2.06. The van der Waals surface area contributed by atoms with E-state index in [-0.39, 0.29) is 11.2 Å². The van der Waals surface area contributed by atoms with Gasteiger partial charge in [-0.15, -0.1) is 10.2 Å². The van der Waals surface area contributed by atoms with Gasteiger partial charge in [0, 0.05) is 12.6 Å². The third-order valence-corrected chi connectivity index (χ3v) is 3.30. The highest BCUT2D eigenvalue weighted by atomic mass is 19.4. The second kappa shape index (κ2) is 4.08. The minimum absolute atomic E-state index is 0.104. The van der Waals surface area contributed by atoms with Crippen LogP contribution in [0.25, 0.3) is 5.65 Å². The quantitative estimate of drug-likeness (QED) is 0.798. The molecule has 0 atom stereocenters. The first kappa shape index (κ1) is 12.2. The molecule has 1 aliphatic carbocycles. The largest absolute Gasteiger partial charge is 0.420 e. The second-order valence-corrected chi connectivity index (χ2v) is 4.75. The number of aromatic nitrogens is 3. The van der Waals surface area contributed by atoms with E-state index in [4.69, 9.17) is 0 Å². The van der Waals surface area contributed by atoms with Crippen molar-refractivity contribution in [2.75, 3.05) is 0 Å². The zero-order valence-corrected chi connectivity index (χ0v) is 10.3. The first-order chi connectivity index (χ1) is 8.97. The zero-order valence-electron chi connectivity index (χ0n) is 10.3. The van der Waals surface area contributed by atoms with Crippen LogP contribution < -0.4 is 0 Å². The molecule has 0 N–H and O–H groups in total. The normalized spacial score (nSPS) is 14.8.